The molecule has 3 unspecified atom stereocenters. The Morgan fingerprint density at radius 1 is 1.33 bits per heavy atom. The van der Waals surface area contributed by atoms with E-state index in [2.05, 4.69) is 19.2 Å². The Kier molecular flexibility index (Phi) is 6.34. The summed E-state index contributed by atoms with van der Waals surface area (Å²) >= 11 is 5.11. The van der Waals surface area contributed by atoms with Crippen molar-refractivity contribution >= 4 is 23.1 Å². The minimum Gasteiger partial charge on any atom is -0.391 e. The first-order valence-electron chi connectivity index (χ1n) is 7.52. The van der Waals surface area contributed by atoms with Crippen LogP contribution in [0.4, 0.5) is 0 Å². The number of amides is 1. The molecular formula is C17H26N2OS. The highest BCUT2D eigenvalue weighted by molar-refractivity contribution is 7.80. The fourth-order valence-corrected chi connectivity index (χ4v) is 2.50. The molecule has 3 atom stereocenters. The second kappa shape index (κ2) is 7.55. The van der Waals surface area contributed by atoms with Crippen molar-refractivity contribution in [3.05, 3.63) is 35.9 Å². The maximum atomic E-state index is 12.8. The van der Waals surface area contributed by atoms with Crippen LogP contribution in [0.5, 0.6) is 0 Å². The number of hydrogen-bond acceptors (Lipinski definition) is 2. The van der Waals surface area contributed by atoms with Crippen molar-refractivity contribution in [2.24, 2.45) is 11.7 Å². The van der Waals surface area contributed by atoms with Crippen molar-refractivity contribution in [3.8, 4) is 0 Å². The monoisotopic (exact) mass is 306 g/mol. The molecular weight excluding hydrogens is 280 g/mol. The average molecular weight is 306 g/mol. The molecule has 21 heavy (non-hydrogen) atoms. The lowest BCUT2D eigenvalue weighted by atomic mass is 9.84. The van der Waals surface area contributed by atoms with Gasteiger partial charge in [0.2, 0.25) is 5.91 Å². The third kappa shape index (κ3) is 4.27. The highest BCUT2D eigenvalue weighted by Crippen LogP contribution is 2.28. The lowest BCUT2D eigenvalue weighted by molar-refractivity contribution is -0.124. The van der Waals surface area contributed by atoms with E-state index in [0.717, 1.165) is 12.0 Å². The second-order valence-electron chi connectivity index (χ2n) is 5.81. The molecule has 0 radical (unpaired) electrons. The number of nitrogens with two attached hydrogens (primary N) is 1. The van der Waals surface area contributed by atoms with Gasteiger partial charge in [0, 0.05) is 0 Å². The maximum Gasteiger partial charge on any atom is 0.228 e. The predicted molar refractivity (Wildman–Crippen MR) is 92.3 cm³/mol. The van der Waals surface area contributed by atoms with Gasteiger partial charge < -0.3 is 11.1 Å². The highest BCUT2D eigenvalue weighted by Gasteiger charge is 2.33. The third-order valence-electron chi connectivity index (χ3n) is 4.30. The minimum absolute atomic E-state index is 0.00676. The first-order valence-corrected chi connectivity index (χ1v) is 7.93. The third-order valence-corrected chi connectivity index (χ3v) is 4.75. The standard InChI is InChI=1S/C17H26N2OS/c1-5-12(3)14(13-10-8-7-9-11-13)15(20)19-17(4,6-2)16(18)21/h7-12,14H,5-6H2,1-4H3,(H2,18,21)(H,19,20). The van der Waals surface area contributed by atoms with Crippen LogP contribution in [0.3, 0.4) is 0 Å². The van der Waals surface area contributed by atoms with Crippen LogP contribution in [0.2, 0.25) is 0 Å². The molecule has 0 aliphatic carbocycles. The first kappa shape index (κ1) is 17.6. The van der Waals surface area contributed by atoms with Crippen LogP contribution in [0.25, 0.3) is 0 Å². The molecule has 116 valence electrons. The summed E-state index contributed by atoms with van der Waals surface area (Å²) in [6.45, 7) is 8.05. The molecule has 0 spiro atoms. The van der Waals surface area contributed by atoms with Crippen molar-refractivity contribution < 1.29 is 4.79 Å². The van der Waals surface area contributed by atoms with E-state index in [9.17, 15) is 4.79 Å². The zero-order valence-electron chi connectivity index (χ0n) is 13.3. The Hall–Kier alpha value is -1.42. The van der Waals surface area contributed by atoms with Gasteiger partial charge in [0.05, 0.1) is 16.4 Å². The van der Waals surface area contributed by atoms with Crippen molar-refractivity contribution in [3.63, 3.8) is 0 Å². The number of hydrogen-bond donors (Lipinski definition) is 2. The molecule has 4 heteroatoms. The van der Waals surface area contributed by atoms with Crippen molar-refractivity contribution in [2.75, 3.05) is 0 Å². The lowest BCUT2D eigenvalue weighted by Gasteiger charge is -2.32. The molecule has 1 aromatic carbocycles. The van der Waals surface area contributed by atoms with Gasteiger partial charge in [-0.25, -0.2) is 0 Å². The van der Waals surface area contributed by atoms with Gasteiger partial charge in [0.15, 0.2) is 0 Å². The van der Waals surface area contributed by atoms with Crippen LogP contribution < -0.4 is 11.1 Å². The first-order chi connectivity index (χ1) is 9.85. The van der Waals surface area contributed by atoms with Crippen LogP contribution in [0, 0.1) is 5.92 Å². The van der Waals surface area contributed by atoms with E-state index in [-0.39, 0.29) is 17.7 Å². The summed E-state index contributed by atoms with van der Waals surface area (Å²) in [4.78, 5) is 13.1. The average Bonchev–Trinajstić information content (AvgIpc) is 2.47. The van der Waals surface area contributed by atoms with Gasteiger partial charge in [-0.15, -0.1) is 0 Å². The summed E-state index contributed by atoms with van der Waals surface area (Å²) in [6.07, 6.45) is 1.61. The second-order valence-corrected chi connectivity index (χ2v) is 6.25. The smallest absolute Gasteiger partial charge is 0.228 e. The molecule has 0 aliphatic heterocycles. The molecule has 0 bridgehead atoms. The molecule has 3 nitrogen and oxygen atoms in total. The van der Waals surface area contributed by atoms with E-state index < -0.39 is 5.54 Å². The van der Waals surface area contributed by atoms with E-state index in [1.54, 1.807) is 0 Å². The lowest BCUT2D eigenvalue weighted by Crippen LogP contribution is -2.55. The number of benzene rings is 1. The molecule has 0 fully saturated rings. The van der Waals surface area contributed by atoms with E-state index in [1.807, 2.05) is 44.2 Å². The zero-order valence-corrected chi connectivity index (χ0v) is 14.2. The summed E-state index contributed by atoms with van der Waals surface area (Å²) in [5.74, 6) is 0.0592. The zero-order chi connectivity index (χ0) is 16.0. The van der Waals surface area contributed by atoms with Gasteiger partial charge in [0.1, 0.15) is 0 Å². The molecule has 0 aliphatic rings. The van der Waals surface area contributed by atoms with Crippen LogP contribution in [0.15, 0.2) is 30.3 Å². The van der Waals surface area contributed by atoms with Gasteiger partial charge in [-0.05, 0) is 24.8 Å². The molecule has 0 saturated carbocycles. The van der Waals surface area contributed by atoms with Crippen LogP contribution in [-0.2, 0) is 4.79 Å². The summed E-state index contributed by atoms with van der Waals surface area (Å²) < 4.78 is 0. The van der Waals surface area contributed by atoms with E-state index >= 15 is 0 Å². The normalized spacial score (nSPS) is 16.6. The number of nitrogens with one attached hydrogen (secondary N) is 1. The Bertz CT molecular complexity index is 489. The molecule has 1 aromatic rings. The molecule has 3 N–H and O–H groups in total. The maximum absolute atomic E-state index is 12.8. The fraction of sp³-hybridized carbons (Fsp3) is 0.529. The number of rotatable bonds is 7. The quantitative estimate of drug-likeness (QED) is 0.759. The highest BCUT2D eigenvalue weighted by atomic mass is 32.1. The Morgan fingerprint density at radius 3 is 2.33 bits per heavy atom. The minimum atomic E-state index is -0.632. The number of carbonyl (C=O) groups excluding carboxylic acids is 1. The van der Waals surface area contributed by atoms with Gasteiger partial charge in [0.25, 0.3) is 0 Å². The predicted octanol–water partition coefficient (Wildman–Crippen LogP) is 3.39. The molecule has 1 amide bonds. The Balaban J connectivity index is 3.05. The summed E-state index contributed by atoms with van der Waals surface area (Å²) in [5.41, 5.74) is 6.19. The summed E-state index contributed by atoms with van der Waals surface area (Å²) in [5, 5.41) is 3.05. The number of carbonyl (C=O) groups is 1. The molecule has 1 rings (SSSR count). The Labute approximate surface area is 133 Å². The fourth-order valence-electron chi connectivity index (χ4n) is 2.31. The summed E-state index contributed by atoms with van der Waals surface area (Å²) in [6, 6.07) is 9.89. The van der Waals surface area contributed by atoms with Crippen LogP contribution in [-0.4, -0.2) is 16.4 Å². The SMILES string of the molecule is CCC(C)C(C(=O)NC(C)(CC)C(N)=S)c1ccccc1. The van der Waals surface area contributed by atoms with Crippen LogP contribution in [0.1, 0.15) is 52.0 Å². The van der Waals surface area contributed by atoms with Crippen molar-refractivity contribution in [2.45, 2.75) is 52.0 Å². The van der Waals surface area contributed by atoms with Gasteiger partial charge in [-0.3, -0.25) is 4.79 Å². The molecule has 0 saturated heterocycles. The van der Waals surface area contributed by atoms with Crippen molar-refractivity contribution in [1.29, 1.82) is 0 Å². The Morgan fingerprint density at radius 2 is 1.90 bits per heavy atom. The summed E-state index contributed by atoms with van der Waals surface area (Å²) in [7, 11) is 0. The largest absolute Gasteiger partial charge is 0.391 e. The molecule has 0 heterocycles. The van der Waals surface area contributed by atoms with Crippen molar-refractivity contribution in [1.82, 2.24) is 5.32 Å². The van der Waals surface area contributed by atoms with Gasteiger partial charge in [-0.1, -0.05) is 69.7 Å². The van der Waals surface area contributed by atoms with Crippen LogP contribution >= 0.6 is 12.2 Å². The van der Waals surface area contributed by atoms with E-state index in [0.29, 0.717) is 11.4 Å². The van der Waals surface area contributed by atoms with E-state index in [4.69, 9.17) is 18.0 Å². The topological polar surface area (TPSA) is 55.1 Å². The van der Waals surface area contributed by atoms with Gasteiger partial charge in [-0.2, -0.15) is 0 Å². The molecule has 0 aromatic heterocycles. The van der Waals surface area contributed by atoms with Gasteiger partial charge >= 0.3 is 0 Å². The number of thiocarbonyl (C=S) groups is 1. The van der Waals surface area contributed by atoms with E-state index in [1.165, 1.54) is 0 Å².